The van der Waals surface area contributed by atoms with Gasteiger partial charge in [0.05, 0.1) is 0 Å². The molecule has 0 spiro atoms. The molecule has 0 bridgehead atoms. The van der Waals surface area contributed by atoms with Crippen molar-refractivity contribution in [2.24, 2.45) is 0 Å². The summed E-state index contributed by atoms with van der Waals surface area (Å²) in [4.78, 5) is 29.9. The Morgan fingerprint density at radius 1 is 0.875 bits per heavy atom. The van der Waals surface area contributed by atoms with Crippen molar-refractivity contribution in [3.63, 3.8) is 0 Å². The Kier molecular flexibility index (Phi) is 3.08. The fourth-order valence-corrected chi connectivity index (χ4v) is 0.703. The van der Waals surface area contributed by atoms with Crippen LogP contribution in [0.3, 0.4) is 0 Å². The van der Waals surface area contributed by atoms with Crippen LogP contribution in [0.4, 0.5) is 0 Å². The van der Waals surface area contributed by atoms with E-state index in [9.17, 15) is 14.4 Å². The lowest BCUT2D eigenvalue weighted by atomic mass is 10.5. The van der Waals surface area contributed by atoms with Crippen molar-refractivity contribution in [3.05, 3.63) is 0 Å². The molecule has 0 aliphatic carbocycles. The van der Waals surface area contributed by atoms with E-state index in [1.165, 1.54) is 0 Å². The SMILES string of the molecule is O=C(Br)C(=O)C(=O)Br. The molecular formula is C3Br2O3. The molecule has 0 N–H and O–H groups in total. The lowest BCUT2D eigenvalue weighted by Gasteiger charge is -1.78. The minimum absolute atomic E-state index is 0.931. The number of ketones is 1. The number of hydrogen-bond acceptors (Lipinski definition) is 3. The molecule has 8 heavy (non-hydrogen) atoms. The number of hydrogen-bond donors (Lipinski definition) is 0. The van der Waals surface area contributed by atoms with Crippen LogP contribution in [0.25, 0.3) is 0 Å². The minimum Gasteiger partial charge on any atom is -0.280 e. The second-order valence-electron chi connectivity index (χ2n) is 0.877. The third kappa shape index (κ3) is 2.32. The first-order valence-electron chi connectivity index (χ1n) is 1.49. The van der Waals surface area contributed by atoms with E-state index in [0.29, 0.717) is 0 Å². The van der Waals surface area contributed by atoms with Gasteiger partial charge in [0, 0.05) is 31.9 Å². The predicted molar refractivity (Wildman–Crippen MR) is 32.9 cm³/mol. The summed E-state index contributed by atoms with van der Waals surface area (Å²) in [6, 6.07) is 0. The van der Waals surface area contributed by atoms with E-state index >= 15 is 0 Å². The Morgan fingerprint density at radius 2 is 1.12 bits per heavy atom. The van der Waals surface area contributed by atoms with E-state index in [1.807, 2.05) is 0 Å². The molecule has 0 aromatic heterocycles. The first-order valence-corrected chi connectivity index (χ1v) is 3.08. The zero-order chi connectivity index (χ0) is 6.73. The van der Waals surface area contributed by atoms with E-state index in [1.54, 1.807) is 0 Å². The summed E-state index contributed by atoms with van der Waals surface area (Å²) in [7, 11) is 0. The van der Waals surface area contributed by atoms with Crippen molar-refractivity contribution < 1.29 is 14.4 Å². The Labute approximate surface area is 61.7 Å². The van der Waals surface area contributed by atoms with Crippen molar-refractivity contribution in [1.82, 2.24) is 0 Å². The van der Waals surface area contributed by atoms with Crippen molar-refractivity contribution >= 4 is 47.0 Å². The molecule has 0 saturated heterocycles. The minimum atomic E-state index is -1.09. The molecule has 0 heterocycles. The van der Waals surface area contributed by atoms with Crippen molar-refractivity contribution in [3.8, 4) is 0 Å². The first-order chi connectivity index (χ1) is 3.55. The van der Waals surface area contributed by atoms with Crippen LogP contribution in [0, 0.1) is 0 Å². The van der Waals surface area contributed by atoms with Crippen molar-refractivity contribution in [1.29, 1.82) is 0 Å². The summed E-state index contributed by atoms with van der Waals surface area (Å²) in [6.45, 7) is 0. The largest absolute Gasteiger partial charge is 0.287 e. The normalized spacial score (nSPS) is 8.25. The number of halogens is 2. The van der Waals surface area contributed by atoms with Gasteiger partial charge in [0.1, 0.15) is 0 Å². The highest BCUT2D eigenvalue weighted by Gasteiger charge is 2.15. The van der Waals surface area contributed by atoms with Crippen LogP contribution < -0.4 is 0 Å². The molecule has 3 nitrogen and oxygen atoms in total. The highest BCUT2D eigenvalue weighted by atomic mass is 79.9. The molecule has 0 aromatic carbocycles. The molecule has 0 aliphatic heterocycles. The summed E-state index contributed by atoms with van der Waals surface area (Å²) in [5, 5.41) is 0. The fraction of sp³-hybridized carbons (Fsp3) is 0. The summed E-state index contributed by atoms with van der Waals surface area (Å²) in [5.74, 6) is -1.09. The molecule has 5 heteroatoms. The van der Waals surface area contributed by atoms with Crippen molar-refractivity contribution in [2.45, 2.75) is 0 Å². The number of carbonyl (C=O) groups excluding carboxylic acids is 3. The Balaban J connectivity index is 4.05. The smallest absolute Gasteiger partial charge is 0.280 e. The summed E-state index contributed by atoms with van der Waals surface area (Å²) < 4.78 is -1.86. The quantitative estimate of drug-likeness (QED) is 0.401. The second kappa shape index (κ2) is 3.09. The standard InChI is InChI=1S/C3Br2O3/c4-2(7)1(6)3(5)8. The average Bonchev–Trinajstić information content (AvgIpc) is 1.64. The van der Waals surface area contributed by atoms with E-state index < -0.39 is 15.2 Å². The molecule has 0 aromatic rings. The maximum absolute atomic E-state index is 10.0. The van der Waals surface area contributed by atoms with Gasteiger partial charge in [-0.25, -0.2) is 0 Å². The summed E-state index contributed by atoms with van der Waals surface area (Å²) in [6.07, 6.45) is 0. The van der Waals surface area contributed by atoms with E-state index in [0.717, 1.165) is 0 Å². The van der Waals surface area contributed by atoms with Gasteiger partial charge in [0.2, 0.25) is 0 Å². The van der Waals surface area contributed by atoms with Gasteiger partial charge in [-0.05, 0) is 0 Å². The topological polar surface area (TPSA) is 51.2 Å². The van der Waals surface area contributed by atoms with Gasteiger partial charge in [-0.1, -0.05) is 0 Å². The maximum atomic E-state index is 10.0. The summed E-state index contributed by atoms with van der Waals surface area (Å²) in [5.41, 5.74) is 0. The first kappa shape index (κ1) is 7.97. The second-order valence-corrected chi connectivity index (χ2v) is 2.32. The van der Waals surface area contributed by atoms with Gasteiger partial charge in [-0.15, -0.1) is 0 Å². The van der Waals surface area contributed by atoms with E-state index in [4.69, 9.17) is 0 Å². The highest BCUT2D eigenvalue weighted by Crippen LogP contribution is 1.92. The molecule has 0 fully saturated rings. The fourth-order valence-electron chi connectivity index (χ4n) is 0.0773. The van der Waals surface area contributed by atoms with Gasteiger partial charge in [0.25, 0.3) is 15.2 Å². The molecule has 0 radical (unpaired) electrons. The zero-order valence-corrected chi connectivity index (χ0v) is 6.65. The molecule has 0 amide bonds. The van der Waals surface area contributed by atoms with Gasteiger partial charge >= 0.3 is 0 Å². The maximum Gasteiger partial charge on any atom is 0.287 e. The highest BCUT2D eigenvalue weighted by molar-refractivity contribution is 9.20. The Morgan fingerprint density at radius 3 is 1.12 bits per heavy atom. The molecule has 0 atom stereocenters. The van der Waals surface area contributed by atoms with Gasteiger partial charge in [0.15, 0.2) is 0 Å². The molecule has 44 valence electrons. The zero-order valence-electron chi connectivity index (χ0n) is 3.48. The van der Waals surface area contributed by atoms with Gasteiger partial charge in [-0.3, -0.25) is 14.4 Å². The molecule has 0 aliphatic rings. The van der Waals surface area contributed by atoms with Crippen LogP contribution >= 0.6 is 31.9 Å². The van der Waals surface area contributed by atoms with Crippen LogP contribution in [0.1, 0.15) is 0 Å². The van der Waals surface area contributed by atoms with E-state index in [2.05, 4.69) is 31.9 Å². The number of carbonyl (C=O) groups is 3. The lowest BCUT2D eigenvalue weighted by molar-refractivity contribution is -0.137. The van der Waals surface area contributed by atoms with Crippen LogP contribution in [0.5, 0.6) is 0 Å². The Bertz CT molecular complexity index is 135. The van der Waals surface area contributed by atoms with E-state index in [-0.39, 0.29) is 0 Å². The summed E-state index contributed by atoms with van der Waals surface area (Å²) >= 11 is 4.60. The molecular weight excluding hydrogens is 244 g/mol. The van der Waals surface area contributed by atoms with Gasteiger partial charge in [-0.2, -0.15) is 0 Å². The number of Topliss-reactive ketones (excluding diaryl/α,β-unsaturated/α-hetero) is 1. The average molecular weight is 244 g/mol. The third-order valence-electron chi connectivity index (χ3n) is 0.357. The Hall–Kier alpha value is -0.0300. The van der Waals surface area contributed by atoms with Crippen LogP contribution in [-0.2, 0) is 14.4 Å². The van der Waals surface area contributed by atoms with Crippen LogP contribution in [0.2, 0.25) is 0 Å². The molecule has 0 saturated carbocycles. The molecule has 0 rings (SSSR count). The van der Waals surface area contributed by atoms with Gasteiger partial charge < -0.3 is 0 Å². The monoisotopic (exact) mass is 242 g/mol. The molecule has 0 unspecified atom stereocenters. The van der Waals surface area contributed by atoms with Crippen LogP contribution in [-0.4, -0.2) is 15.2 Å². The number of rotatable bonds is 2. The van der Waals surface area contributed by atoms with Crippen molar-refractivity contribution in [2.75, 3.05) is 0 Å². The lowest BCUT2D eigenvalue weighted by Crippen LogP contribution is -2.12. The predicted octanol–water partition coefficient (Wildman–Crippen LogP) is 0.399. The van der Waals surface area contributed by atoms with Crippen LogP contribution in [0.15, 0.2) is 0 Å². The third-order valence-corrected chi connectivity index (χ3v) is 1.08.